The molecular formula is C20H23F3N6O2S. The third-order valence-electron chi connectivity index (χ3n) is 5.38. The van der Waals surface area contributed by atoms with E-state index in [2.05, 4.69) is 32.5 Å². The van der Waals surface area contributed by atoms with Crippen molar-refractivity contribution >= 4 is 28.7 Å². The molecule has 0 radical (unpaired) electrons. The van der Waals surface area contributed by atoms with Crippen LogP contribution in [-0.2, 0) is 6.18 Å². The number of hydrogen-bond acceptors (Lipinski definition) is 8. The van der Waals surface area contributed by atoms with Crippen molar-refractivity contribution in [1.82, 2.24) is 25.0 Å². The number of hydrogen-bond donors (Lipinski definition) is 3. The summed E-state index contributed by atoms with van der Waals surface area (Å²) >= 11 is 1.12. The minimum Gasteiger partial charge on any atom is -0.390 e. The van der Waals surface area contributed by atoms with Gasteiger partial charge in [-0.3, -0.25) is 0 Å². The zero-order valence-corrected chi connectivity index (χ0v) is 18.1. The first-order valence-electron chi connectivity index (χ1n) is 10.4. The minimum atomic E-state index is -4.40. The van der Waals surface area contributed by atoms with Crippen molar-refractivity contribution in [2.45, 2.75) is 67.1 Å². The fraction of sp³-hybridized carbons (Fsp3) is 0.500. The lowest BCUT2D eigenvalue weighted by Gasteiger charge is -2.16. The van der Waals surface area contributed by atoms with Crippen LogP contribution in [0.25, 0.3) is 11.2 Å². The van der Waals surface area contributed by atoms with E-state index in [9.17, 15) is 23.4 Å². The van der Waals surface area contributed by atoms with E-state index in [0.717, 1.165) is 36.7 Å². The summed E-state index contributed by atoms with van der Waals surface area (Å²) in [5.74, 6) is 0.470. The number of halogens is 3. The number of nitrogens with zero attached hydrogens (tertiary/aromatic N) is 5. The Bertz CT molecular complexity index is 1080. The van der Waals surface area contributed by atoms with E-state index in [1.165, 1.54) is 16.8 Å². The molecule has 0 unspecified atom stereocenters. The Balaban J connectivity index is 1.69. The van der Waals surface area contributed by atoms with Gasteiger partial charge >= 0.3 is 6.18 Å². The molecule has 1 saturated carbocycles. The molecule has 1 fully saturated rings. The van der Waals surface area contributed by atoms with Gasteiger partial charge in [-0.25, -0.2) is 14.6 Å². The lowest BCUT2D eigenvalue weighted by Crippen LogP contribution is -2.28. The Hall–Kier alpha value is -2.44. The summed E-state index contributed by atoms with van der Waals surface area (Å²) < 4.78 is 40.0. The van der Waals surface area contributed by atoms with Crippen LogP contribution in [0.15, 0.2) is 34.3 Å². The molecule has 0 saturated heterocycles. The summed E-state index contributed by atoms with van der Waals surface area (Å²) in [5.41, 5.74) is 0.106. The van der Waals surface area contributed by atoms with Gasteiger partial charge in [-0.05, 0) is 55.3 Å². The molecule has 1 aromatic carbocycles. The maximum absolute atomic E-state index is 12.8. The van der Waals surface area contributed by atoms with E-state index >= 15 is 0 Å². The second kappa shape index (κ2) is 9.20. The summed E-state index contributed by atoms with van der Waals surface area (Å²) in [5, 5.41) is 32.1. The van der Waals surface area contributed by atoms with Gasteiger partial charge in [0, 0.05) is 11.4 Å². The number of nitrogens with one attached hydrogen (secondary N) is 1. The van der Waals surface area contributed by atoms with E-state index in [-0.39, 0.29) is 0 Å². The number of fused-ring (bicyclic) bond motifs is 1. The highest BCUT2D eigenvalue weighted by atomic mass is 32.2. The zero-order valence-electron chi connectivity index (χ0n) is 17.2. The van der Waals surface area contributed by atoms with Crippen molar-refractivity contribution < 1.29 is 23.4 Å². The number of alkyl halides is 3. The Kier molecular flexibility index (Phi) is 6.54. The van der Waals surface area contributed by atoms with Gasteiger partial charge in [-0.15, -0.1) is 5.10 Å². The van der Waals surface area contributed by atoms with E-state index in [4.69, 9.17) is 0 Å². The number of rotatable bonds is 7. The molecule has 0 aliphatic heterocycles. The third-order valence-corrected chi connectivity index (χ3v) is 6.25. The maximum Gasteiger partial charge on any atom is 0.416 e. The van der Waals surface area contributed by atoms with Gasteiger partial charge in [-0.1, -0.05) is 18.6 Å². The summed E-state index contributed by atoms with van der Waals surface area (Å²) in [4.78, 5) is 9.58. The lowest BCUT2D eigenvalue weighted by atomic mass is 10.2. The summed E-state index contributed by atoms with van der Waals surface area (Å²) in [7, 11) is 0. The van der Waals surface area contributed by atoms with Gasteiger partial charge in [-0.2, -0.15) is 13.2 Å². The summed E-state index contributed by atoms with van der Waals surface area (Å²) in [6.45, 7) is 2.72. The molecule has 3 aromatic rings. The molecule has 0 spiro atoms. The van der Waals surface area contributed by atoms with Crippen LogP contribution in [0.3, 0.4) is 0 Å². The van der Waals surface area contributed by atoms with E-state index < -0.39 is 30.0 Å². The molecule has 2 aromatic heterocycles. The van der Waals surface area contributed by atoms with E-state index in [1.54, 1.807) is 0 Å². The van der Waals surface area contributed by atoms with Gasteiger partial charge in [0.15, 0.2) is 22.1 Å². The van der Waals surface area contributed by atoms with Gasteiger partial charge in [0.2, 0.25) is 0 Å². The highest BCUT2D eigenvalue weighted by molar-refractivity contribution is 7.99. The van der Waals surface area contributed by atoms with Gasteiger partial charge in [0.05, 0.1) is 17.7 Å². The topological polar surface area (TPSA) is 109 Å². The summed E-state index contributed by atoms with van der Waals surface area (Å²) in [6.07, 6.45) is -3.39. The molecule has 3 N–H and O–H groups in total. The predicted molar refractivity (Wildman–Crippen MR) is 112 cm³/mol. The number of benzene rings is 1. The second-order valence-corrected chi connectivity index (χ2v) is 8.71. The zero-order chi connectivity index (χ0) is 22.9. The monoisotopic (exact) mass is 468 g/mol. The summed E-state index contributed by atoms with van der Waals surface area (Å²) in [6, 6.07) is 4.31. The SMILES string of the molecule is CCCCNc1nc(Sc2ccc(C(F)(F)F)cc2)nc2c1nnn2[C@@H]1CC[C@@H](O)[C@H]1O. The fourth-order valence-corrected chi connectivity index (χ4v) is 4.36. The molecule has 0 bridgehead atoms. The number of anilines is 1. The molecule has 4 rings (SSSR count). The van der Waals surface area contributed by atoms with Gasteiger partial charge < -0.3 is 15.5 Å². The first-order valence-corrected chi connectivity index (χ1v) is 11.2. The van der Waals surface area contributed by atoms with Crippen molar-refractivity contribution in [2.75, 3.05) is 11.9 Å². The smallest absolute Gasteiger partial charge is 0.390 e. The molecule has 3 atom stereocenters. The first-order chi connectivity index (χ1) is 15.3. The van der Waals surface area contributed by atoms with Crippen molar-refractivity contribution in [2.24, 2.45) is 0 Å². The number of aliphatic hydroxyl groups excluding tert-OH is 2. The quantitative estimate of drug-likeness (QED) is 0.356. The molecule has 12 heteroatoms. The minimum absolute atomic E-state index is 0.313. The molecule has 8 nitrogen and oxygen atoms in total. The third kappa shape index (κ3) is 4.66. The van der Waals surface area contributed by atoms with Crippen LogP contribution in [0, 0.1) is 0 Å². The fourth-order valence-electron chi connectivity index (χ4n) is 3.61. The first kappa shape index (κ1) is 22.7. The average molecular weight is 469 g/mol. The number of aromatic nitrogens is 5. The highest BCUT2D eigenvalue weighted by Gasteiger charge is 2.37. The van der Waals surface area contributed by atoms with Crippen LogP contribution in [0.4, 0.5) is 19.0 Å². The van der Waals surface area contributed by atoms with Crippen LogP contribution in [-0.4, -0.2) is 53.9 Å². The van der Waals surface area contributed by atoms with E-state index in [0.29, 0.717) is 46.4 Å². The normalized spacial score (nSPS) is 21.4. The van der Waals surface area contributed by atoms with Crippen molar-refractivity contribution in [3.63, 3.8) is 0 Å². The lowest BCUT2D eigenvalue weighted by molar-refractivity contribution is -0.137. The predicted octanol–water partition coefficient (Wildman–Crippen LogP) is 3.66. The van der Waals surface area contributed by atoms with Crippen LogP contribution in [0.1, 0.15) is 44.2 Å². The molecule has 0 amide bonds. The van der Waals surface area contributed by atoms with Gasteiger partial charge in [0.1, 0.15) is 6.10 Å². The Morgan fingerprint density at radius 1 is 1.16 bits per heavy atom. The Labute approximate surface area is 186 Å². The standard InChI is InChI=1S/C20H23F3N6O2S/c1-2-3-10-24-17-15-18(29(28-27-15)13-8-9-14(30)16(13)31)26-19(25-17)32-12-6-4-11(5-7-12)20(21,22)23/h4-7,13-14,16,30-31H,2-3,8-10H2,1H3,(H,24,25,26)/t13-,14-,16+/m1/s1. The Morgan fingerprint density at radius 2 is 1.91 bits per heavy atom. The second-order valence-electron chi connectivity index (χ2n) is 7.67. The molecule has 32 heavy (non-hydrogen) atoms. The van der Waals surface area contributed by atoms with E-state index in [1.807, 2.05) is 0 Å². The van der Waals surface area contributed by atoms with Crippen LogP contribution < -0.4 is 5.32 Å². The van der Waals surface area contributed by atoms with Crippen molar-refractivity contribution in [3.05, 3.63) is 29.8 Å². The number of unbranched alkanes of at least 4 members (excludes halogenated alkanes) is 1. The largest absolute Gasteiger partial charge is 0.416 e. The molecule has 2 heterocycles. The molecule has 172 valence electrons. The Morgan fingerprint density at radius 3 is 2.53 bits per heavy atom. The average Bonchev–Trinajstić information content (AvgIpc) is 3.31. The highest BCUT2D eigenvalue weighted by Crippen LogP contribution is 2.35. The van der Waals surface area contributed by atoms with Crippen LogP contribution >= 0.6 is 11.8 Å². The molecule has 1 aliphatic rings. The van der Waals surface area contributed by atoms with Crippen LogP contribution in [0.2, 0.25) is 0 Å². The molecule has 1 aliphatic carbocycles. The van der Waals surface area contributed by atoms with Gasteiger partial charge in [0.25, 0.3) is 0 Å². The van der Waals surface area contributed by atoms with Crippen molar-refractivity contribution in [1.29, 1.82) is 0 Å². The number of aliphatic hydroxyl groups is 2. The maximum atomic E-state index is 12.8. The van der Waals surface area contributed by atoms with Crippen LogP contribution in [0.5, 0.6) is 0 Å². The van der Waals surface area contributed by atoms with Crippen molar-refractivity contribution in [3.8, 4) is 0 Å². The molecular weight excluding hydrogens is 445 g/mol.